The van der Waals surface area contributed by atoms with Crippen molar-refractivity contribution in [3.8, 4) is 11.5 Å². The first-order chi connectivity index (χ1) is 9.71. The monoisotopic (exact) mass is 268 g/mol. The molecule has 0 aliphatic carbocycles. The van der Waals surface area contributed by atoms with Crippen LogP contribution in [0.3, 0.4) is 0 Å². The lowest BCUT2D eigenvalue weighted by Crippen LogP contribution is -1.95. The maximum absolute atomic E-state index is 5.16. The van der Waals surface area contributed by atoms with Crippen molar-refractivity contribution in [1.29, 1.82) is 0 Å². The van der Waals surface area contributed by atoms with E-state index in [-0.39, 0.29) is 0 Å². The quantitative estimate of drug-likeness (QED) is 0.736. The Morgan fingerprint density at radius 2 is 1.10 bits per heavy atom. The van der Waals surface area contributed by atoms with E-state index >= 15 is 0 Å². The topological polar surface area (TPSA) is 18.5 Å². The molecule has 0 aliphatic rings. The molecule has 2 rings (SSSR count). The molecule has 0 aliphatic heterocycles. The van der Waals surface area contributed by atoms with Crippen LogP contribution in [0.5, 0.6) is 11.5 Å². The zero-order valence-electron chi connectivity index (χ0n) is 12.1. The summed E-state index contributed by atoms with van der Waals surface area (Å²) in [5, 5.41) is 0. The number of allylic oxidation sites excluding steroid dienone is 1. The summed E-state index contributed by atoms with van der Waals surface area (Å²) in [4.78, 5) is 0. The average Bonchev–Trinajstić information content (AvgIpc) is 2.49. The second kappa shape index (κ2) is 6.80. The van der Waals surface area contributed by atoms with Crippen LogP contribution in [0.4, 0.5) is 0 Å². The van der Waals surface area contributed by atoms with Crippen molar-refractivity contribution >= 4 is 0 Å². The van der Waals surface area contributed by atoms with Crippen molar-refractivity contribution in [2.45, 2.75) is 12.8 Å². The van der Waals surface area contributed by atoms with Crippen LogP contribution in [0.15, 0.2) is 60.7 Å². The van der Waals surface area contributed by atoms with Crippen LogP contribution in [0.25, 0.3) is 0 Å². The number of hydrogen-bond donors (Lipinski definition) is 0. The Hall–Kier alpha value is -2.22. The molecule has 0 amide bonds. The Kier molecular flexibility index (Phi) is 4.83. The number of ether oxygens (including phenoxy) is 2. The van der Waals surface area contributed by atoms with Gasteiger partial charge in [-0.2, -0.15) is 0 Å². The van der Waals surface area contributed by atoms with Crippen molar-refractivity contribution in [3.05, 3.63) is 71.8 Å². The van der Waals surface area contributed by atoms with E-state index in [0.29, 0.717) is 0 Å². The lowest BCUT2D eigenvalue weighted by molar-refractivity contribution is 0.414. The van der Waals surface area contributed by atoms with Crippen molar-refractivity contribution in [2.24, 2.45) is 0 Å². The molecule has 2 aromatic rings. The van der Waals surface area contributed by atoms with E-state index in [4.69, 9.17) is 9.47 Å². The summed E-state index contributed by atoms with van der Waals surface area (Å²) in [7, 11) is 3.36. The Bertz CT molecular complexity index is 501. The Morgan fingerprint density at radius 3 is 1.40 bits per heavy atom. The van der Waals surface area contributed by atoms with E-state index in [0.717, 1.165) is 24.3 Å². The molecule has 0 atom stereocenters. The van der Waals surface area contributed by atoms with Gasteiger partial charge in [-0.3, -0.25) is 0 Å². The smallest absolute Gasteiger partial charge is 0.118 e. The van der Waals surface area contributed by atoms with Crippen molar-refractivity contribution in [3.63, 3.8) is 0 Å². The van der Waals surface area contributed by atoms with E-state index in [9.17, 15) is 0 Å². The minimum absolute atomic E-state index is 0.884. The van der Waals surface area contributed by atoms with Gasteiger partial charge in [-0.1, -0.05) is 36.4 Å². The standard InChI is InChI=1S/C18H20O2/c1-14(12-15-4-8-17(19-2)9-5-15)13-16-6-10-18(20-3)11-7-16/h4-11H,1,12-13H2,2-3H3. The van der Waals surface area contributed by atoms with E-state index in [2.05, 4.69) is 30.8 Å². The lowest BCUT2D eigenvalue weighted by atomic mass is 10.00. The molecule has 20 heavy (non-hydrogen) atoms. The van der Waals surface area contributed by atoms with Gasteiger partial charge in [0.25, 0.3) is 0 Å². The molecule has 2 nitrogen and oxygen atoms in total. The van der Waals surface area contributed by atoms with E-state index in [1.54, 1.807) is 14.2 Å². The van der Waals surface area contributed by atoms with Crippen LogP contribution >= 0.6 is 0 Å². The highest BCUT2D eigenvalue weighted by atomic mass is 16.5. The largest absolute Gasteiger partial charge is 0.497 e. The fourth-order valence-electron chi connectivity index (χ4n) is 2.13. The third kappa shape index (κ3) is 3.89. The maximum atomic E-state index is 5.16. The third-order valence-corrected chi connectivity index (χ3v) is 3.23. The number of rotatable bonds is 6. The predicted octanol–water partition coefficient (Wildman–Crippen LogP) is 4.05. The number of hydrogen-bond acceptors (Lipinski definition) is 2. The molecular weight excluding hydrogens is 248 g/mol. The molecule has 0 heterocycles. The summed E-state index contributed by atoms with van der Waals surface area (Å²) in [5.74, 6) is 1.77. The summed E-state index contributed by atoms with van der Waals surface area (Å²) in [6.45, 7) is 4.17. The minimum atomic E-state index is 0.884. The molecule has 0 bridgehead atoms. The third-order valence-electron chi connectivity index (χ3n) is 3.23. The van der Waals surface area contributed by atoms with Crippen molar-refractivity contribution in [2.75, 3.05) is 14.2 Å². The van der Waals surface area contributed by atoms with Gasteiger partial charge in [0.15, 0.2) is 0 Å². The SMILES string of the molecule is C=C(Cc1ccc(OC)cc1)Cc1ccc(OC)cc1. The minimum Gasteiger partial charge on any atom is -0.497 e. The summed E-state index contributed by atoms with van der Waals surface area (Å²) < 4.78 is 10.3. The van der Waals surface area contributed by atoms with Gasteiger partial charge in [-0.05, 0) is 48.2 Å². The normalized spacial score (nSPS) is 10.1. The van der Waals surface area contributed by atoms with Crippen molar-refractivity contribution in [1.82, 2.24) is 0 Å². The Balaban J connectivity index is 1.93. The van der Waals surface area contributed by atoms with E-state index in [1.165, 1.54) is 16.7 Å². The highest BCUT2D eigenvalue weighted by Gasteiger charge is 2.01. The van der Waals surface area contributed by atoms with E-state index < -0.39 is 0 Å². The van der Waals surface area contributed by atoms with Gasteiger partial charge in [-0.15, -0.1) is 0 Å². The molecule has 2 aromatic carbocycles. The molecule has 0 saturated heterocycles. The summed E-state index contributed by atoms with van der Waals surface area (Å²) in [6, 6.07) is 16.3. The second-order valence-electron chi connectivity index (χ2n) is 4.80. The van der Waals surface area contributed by atoms with Crippen LogP contribution in [-0.2, 0) is 12.8 Å². The van der Waals surface area contributed by atoms with Gasteiger partial charge >= 0.3 is 0 Å². The summed E-state index contributed by atoms with van der Waals surface area (Å²) in [5.41, 5.74) is 3.70. The fraction of sp³-hybridized carbons (Fsp3) is 0.222. The first-order valence-electron chi connectivity index (χ1n) is 6.64. The second-order valence-corrected chi connectivity index (χ2v) is 4.80. The molecule has 0 aromatic heterocycles. The Labute approximate surface area is 120 Å². The van der Waals surface area contributed by atoms with Crippen LogP contribution in [0.1, 0.15) is 11.1 Å². The van der Waals surface area contributed by atoms with Gasteiger partial charge in [0.2, 0.25) is 0 Å². The highest BCUT2D eigenvalue weighted by molar-refractivity contribution is 5.33. The van der Waals surface area contributed by atoms with Gasteiger partial charge in [0, 0.05) is 0 Å². The van der Waals surface area contributed by atoms with Crippen molar-refractivity contribution < 1.29 is 9.47 Å². The molecule has 0 fully saturated rings. The molecule has 2 heteroatoms. The van der Waals surface area contributed by atoms with Gasteiger partial charge in [-0.25, -0.2) is 0 Å². The zero-order valence-corrected chi connectivity index (χ0v) is 12.1. The highest BCUT2D eigenvalue weighted by Crippen LogP contribution is 2.18. The fourth-order valence-corrected chi connectivity index (χ4v) is 2.13. The molecule has 104 valence electrons. The van der Waals surface area contributed by atoms with Crippen LogP contribution in [-0.4, -0.2) is 14.2 Å². The molecule has 0 saturated carbocycles. The molecular formula is C18H20O2. The summed E-state index contributed by atoms with van der Waals surface area (Å²) >= 11 is 0. The number of methoxy groups -OCH3 is 2. The van der Waals surface area contributed by atoms with E-state index in [1.807, 2.05) is 24.3 Å². The maximum Gasteiger partial charge on any atom is 0.118 e. The molecule has 0 N–H and O–H groups in total. The molecule has 0 spiro atoms. The predicted molar refractivity (Wildman–Crippen MR) is 82.5 cm³/mol. The zero-order chi connectivity index (χ0) is 14.4. The van der Waals surface area contributed by atoms with Gasteiger partial charge < -0.3 is 9.47 Å². The first-order valence-corrected chi connectivity index (χ1v) is 6.64. The Morgan fingerprint density at radius 1 is 0.750 bits per heavy atom. The van der Waals surface area contributed by atoms with Gasteiger partial charge in [0.1, 0.15) is 11.5 Å². The van der Waals surface area contributed by atoms with Gasteiger partial charge in [0.05, 0.1) is 14.2 Å². The summed E-state index contributed by atoms with van der Waals surface area (Å²) in [6.07, 6.45) is 1.77. The average molecular weight is 268 g/mol. The van der Waals surface area contributed by atoms with Crippen LogP contribution < -0.4 is 9.47 Å². The van der Waals surface area contributed by atoms with Crippen LogP contribution in [0.2, 0.25) is 0 Å². The molecule has 0 radical (unpaired) electrons. The number of benzene rings is 2. The van der Waals surface area contributed by atoms with Crippen LogP contribution in [0, 0.1) is 0 Å². The first kappa shape index (κ1) is 14.2. The lowest BCUT2D eigenvalue weighted by Gasteiger charge is -2.08. The molecule has 0 unspecified atom stereocenters.